The largest absolute Gasteiger partial charge is 0.300 e. The SMILES string of the molecule is CN1[C@@H]2CC[C@@H]1[C@@H](C(=O)c1ccc(F)cc1)[C@H](c1ccc(F)cc1)C2. The van der Waals surface area contributed by atoms with E-state index < -0.39 is 0 Å². The zero-order valence-electron chi connectivity index (χ0n) is 14.2. The van der Waals surface area contributed by atoms with Crippen molar-refractivity contribution in [3.05, 3.63) is 71.3 Å². The number of carbonyl (C=O) groups is 1. The summed E-state index contributed by atoms with van der Waals surface area (Å²) in [5.74, 6) is -0.646. The molecule has 4 rings (SSSR count). The molecule has 2 fully saturated rings. The van der Waals surface area contributed by atoms with Crippen LogP contribution in [0.4, 0.5) is 8.78 Å². The van der Waals surface area contributed by atoms with E-state index in [1.807, 2.05) is 0 Å². The molecule has 130 valence electrons. The zero-order valence-corrected chi connectivity index (χ0v) is 14.2. The van der Waals surface area contributed by atoms with Crippen LogP contribution in [0, 0.1) is 17.6 Å². The molecule has 2 heterocycles. The maximum absolute atomic E-state index is 13.3. The van der Waals surface area contributed by atoms with E-state index in [1.165, 1.54) is 24.3 Å². The Morgan fingerprint density at radius 3 is 2.20 bits per heavy atom. The highest BCUT2D eigenvalue weighted by Gasteiger charge is 2.48. The molecule has 0 N–H and O–H groups in total. The third-order valence-corrected chi connectivity index (χ3v) is 6.00. The van der Waals surface area contributed by atoms with E-state index in [-0.39, 0.29) is 35.3 Å². The van der Waals surface area contributed by atoms with Gasteiger partial charge in [-0.25, -0.2) is 8.78 Å². The lowest BCUT2D eigenvalue weighted by molar-refractivity contribution is 0.0643. The zero-order chi connectivity index (χ0) is 17.6. The Morgan fingerprint density at radius 1 is 0.960 bits per heavy atom. The van der Waals surface area contributed by atoms with Crippen molar-refractivity contribution in [2.45, 2.75) is 37.3 Å². The van der Waals surface area contributed by atoms with Gasteiger partial charge < -0.3 is 0 Å². The number of rotatable bonds is 3. The molecule has 0 amide bonds. The minimum absolute atomic E-state index is 0.0616. The predicted molar refractivity (Wildman–Crippen MR) is 92.6 cm³/mol. The maximum atomic E-state index is 13.3. The van der Waals surface area contributed by atoms with Gasteiger partial charge in [0, 0.05) is 23.6 Å². The van der Waals surface area contributed by atoms with E-state index in [9.17, 15) is 13.6 Å². The van der Waals surface area contributed by atoms with Crippen molar-refractivity contribution in [1.82, 2.24) is 4.90 Å². The summed E-state index contributed by atoms with van der Waals surface area (Å²) in [5, 5.41) is 0. The molecule has 2 aromatic carbocycles. The molecule has 2 bridgehead atoms. The molecule has 0 saturated carbocycles. The van der Waals surface area contributed by atoms with Crippen molar-refractivity contribution in [2.24, 2.45) is 5.92 Å². The molecule has 2 aliphatic heterocycles. The third-order valence-electron chi connectivity index (χ3n) is 6.00. The Hall–Kier alpha value is -2.07. The minimum atomic E-state index is -0.340. The Morgan fingerprint density at radius 2 is 1.56 bits per heavy atom. The fraction of sp³-hybridized carbons (Fsp3) is 0.381. The van der Waals surface area contributed by atoms with Crippen LogP contribution in [0.2, 0.25) is 0 Å². The van der Waals surface area contributed by atoms with Crippen LogP contribution in [0.15, 0.2) is 48.5 Å². The summed E-state index contributed by atoms with van der Waals surface area (Å²) in [5.41, 5.74) is 1.57. The summed E-state index contributed by atoms with van der Waals surface area (Å²) >= 11 is 0. The molecule has 0 unspecified atom stereocenters. The van der Waals surface area contributed by atoms with Crippen LogP contribution in [0.1, 0.15) is 41.1 Å². The van der Waals surface area contributed by atoms with E-state index in [1.54, 1.807) is 24.3 Å². The van der Waals surface area contributed by atoms with Crippen molar-refractivity contribution in [1.29, 1.82) is 0 Å². The van der Waals surface area contributed by atoms with Crippen LogP contribution < -0.4 is 0 Å². The van der Waals surface area contributed by atoms with Crippen LogP contribution in [0.5, 0.6) is 0 Å². The van der Waals surface area contributed by atoms with E-state index in [2.05, 4.69) is 11.9 Å². The predicted octanol–water partition coefficient (Wildman–Crippen LogP) is 4.41. The lowest BCUT2D eigenvalue weighted by Crippen LogP contribution is -2.48. The van der Waals surface area contributed by atoms with Gasteiger partial charge in [0.25, 0.3) is 0 Å². The highest BCUT2D eigenvalue weighted by molar-refractivity contribution is 5.99. The lowest BCUT2D eigenvalue weighted by Gasteiger charge is -2.42. The lowest BCUT2D eigenvalue weighted by atomic mass is 9.73. The molecule has 2 saturated heterocycles. The van der Waals surface area contributed by atoms with Gasteiger partial charge in [0.2, 0.25) is 0 Å². The third kappa shape index (κ3) is 2.89. The Labute approximate surface area is 146 Å². The second kappa shape index (κ2) is 6.34. The van der Waals surface area contributed by atoms with Crippen molar-refractivity contribution in [3.63, 3.8) is 0 Å². The molecular weight excluding hydrogens is 320 g/mol. The van der Waals surface area contributed by atoms with Gasteiger partial charge >= 0.3 is 0 Å². The Bertz CT molecular complexity index is 771. The minimum Gasteiger partial charge on any atom is -0.300 e. The van der Waals surface area contributed by atoms with Crippen molar-refractivity contribution < 1.29 is 13.6 Å². The Balaban J connectivity index is 1.72. The first-order valence-electron chi connectivity index (χ1n) is 8.82. The average Bonchev–Trinajstić information content (AvgIpc) is 2.85. The number of hydrogen-bond donors (Lipinski definition) is 0. The topological polar surface area (TPSA) is 20.3 Å². The fourth-order valence-electron chi connectivity index (χ4n) is 4.68. The smallest absolute Gasteiger partial charge is 0.168 e. The number of hydrogen-bond acceptors (Lipinski definition) is 2. The molecular formula is C21H21F2NO. The first-order chi connectivity index (χ1) is 12.0. The highest BCUT2D eigenvalue weighted by atomic mass is 19.1. The summed E-state index contributed by atoms with van der Waals surface area (Å²) < 4.78 is 26.6. The number of nitrogens with zero attached hydrogens (tertiary/aromatic N) is 1. The van der Waals surface area contributed by atoms with E-state index in [0.29, 0.717) is 11.6 Å². The van der Waals surface area contributed by atoms with Gasteiger partial charge in [0.15, 0.2) is 5.78 Å². The highest BCUT2D eigenvalue weighted by Crippen LogP contribution is 2.47. The molecule has 4 atom stereocenters. The normalized spacial score (nSPS) is 28.9. The first-order valence-corrected chi connectivity index (χ1v) is 8.82. The van der Waals surface area contributed by atoms with Crippen molar-refractivity contribution >= 4 is 5.78 Å². The number of Topliss-reactive ketones (excluding diaryl/α,β-unsaturated/α-hetero) is 1. The number of halogens is 2. The summed E-state index contributed by atoms with van der Waals surface area (Å²) in [4.78, 5) is 15.6. The molecule has 2 aromatic rings. The van der Waals surface area contributed by atoms with Gasteiger partial charge in [0.05, 0.1) is 0 Å². The van der Waals surface area contributed by atoms with Crippen molar-refractivity contribution in [3.8, 4) is 0 Å². The molecule has 2 aliphatic rings. The average molecular weight is 341 g/mol. The van der Waals surface area contributed by atoms with E-state index in [0.717, 1.165) is 24.8 Å². The fourth-order valence-corrected chi connectivity index (χ4v) is 4.68. The van der Waals surface area contributed by atoms with Crippen molar-refractivity contribution in [2.75, 3.05) is 7.05 Å². The number of fused-ring (bicyclic) bond motifs is 2. The monoisotopic (exact) mass is 341 g/mol. The van der Waals surface area contributed by atoms with Gasteiger partial charge in [-0.2, -0.15) is 0 Å². The summed E-state index contributed by atoms with van der Waals surface area (Å²) in [7, 11) is 2.09. The second-order valence-electron chi connectivity index (χ2n) is 7.25. The quantitative estimate of drug-likeness (QED) is 0.771. The first kappa shape index (κ1) is 16.4. The number of ketones is 1. The molecule has 25 heavy (non-hydrogen) atoms. The molecule has 0 aromatic heterocycles. The summed E-state index contributed by atoms with van der Waals surface area (Å²) in [6, 6.07) is 13.0. The van der Waals surface area contributed by atoms with Gasteiger partial charge in [0.1, 0.15) is 11.6 Å². The number of carbonyl (C=O) groups excluding carboxylic acids is 1. The molecule has 4 heteroatoms. The summed E-state index contributed by atoms with van der Waals surface area (Å²) in [6.45, 7) is 0. The van der Waals surface area contributed by atoms with Gasteiger partial charge in [-0.1, -0.05) is 12.1 Å². The summed E-state index contributed by atoms with van der Waals surface area (Å²) in [6.07, 6.45) is 2.98. The maximum Gasteiger partial charge on any atom is 0.168 e. The molecule has 2 nitrogen and oxygen atoms in total. The Kier molecular flexibility index (Phi) is 4.16. The molecule has 0 spiro atoms. The van der Waals surface area contributed by atoms with Crippen LogP contribution in [-0.2, 0) is 0 Å². The number of benzene rings is 2. The van der Waals surface area contributed by atoms with Crippen LogP contribution in [0.25, 0.3) is 0 Å². The van der Waals surface area contributed by atoms with Crippen LogP contribution in [-0.4, -0.2) is 29.8 Å². The van der Waals surface area contributed by atoms with Gasteiger partial charge in [-0.3, -0.25) is 9.69 Å². The standard InChI is InChI=1S/C21H21F2NO/c1-24-17-10-11-19(24)20(21(25)14-4-8-16(23)9-5-14)18(12-17)13-2-6-15(22)7-3-13/h2-9,17-20H,10-12H2,1H3/t17-,18+,19-,20+/m1/s1. The van der Waals surface area contributed by atoms with Crippen LogP contribution >= 0.6 is 0 Å². The van der Waals surface area contributed by atoms with Gasteiger partial charge in [-0.05, 0) is 74.2 Å². The van der Waals surface area contributed by atoms with Crippen LogP contribution in [0.3, 0.4) is 0 Å². The molecule has 0 radical (unpaired) electrons. The molecule has 0 aliphatic carbocycles. The van der Waals surface area contributed by atoms with E-state index in [4.69, 9.17) is 0 Å². The van der Waals surface area contributed by atoms with Gasteiger partial charge in [-0.15, -0.1) is 0 Å². The van der Waals surface area contributed by atoms with E-state index >= 15 is 0 Å². The number of piperidine rings is 1. The second-order valence-corrected chi connectivity index (χ2v) is 7.25.